The highest BCUT2D eigenvalue weighted by Crippen LogP contribution is 2.22. The summed E-state index contributed by atoms with van der Waals surface area (Å²) in [5, 5.41) is 19.0. The fraction of sp³-hybridized carbons (Fsp3) is 0.100. The van der Waals surface area contributed by atoms with Crippen molar-refractivity contribution >= 4 is 11.8 Å². The van der Waals surface area contributed by atoms with Crippen LogP contribution >= 0.6 is 0 Å². The van der Waals surface area contributed by atoms with Crippen LogP contribution in [0.15, 0.2) is 36.9 Å². The van der Waals surface area contributed by atoms with Crippen molar-refractivity contribution in [3.8, 4) is 0 Å². The Kier molecular flexibility index (Phi) is 3.60. The van der Waals surface area contributed by atoms with Crippen LogP contribution in [0.25, 0.3) is 0 Å². The Morgan fingerprint density at radius 3 is 2.81 bits per heavy atom. The molecule has 1 aromatic rings. The van der Waals surface area contributed by atoms with Gasteiger partial charge in [0.15, 0.2) is 0 Å². The molecule has 0 spiro atoms. The fourth-order valence-electron chi connectivity index (χ4n) is 1.18. The van der Waals surface area contributed by atoms with E-state index in [1.165, 1.54) is 30.3 Å². The monoisotopic (exact) mass is 223 g/mol. The van der Waals surface area contributed by atoms with Crippen molar-refractivity contribution in [3.05, 3.63) is 52.6 Å². The lowest BCUT2D eigenvalue weighted by Crippen LogP contribution is -2.07. The van der Waals surface area contributed by atoms with Gasteiger partial charge >= 0.3 is 6.16 Å². The summed E-state index contributed by atoms with van der Waals surface area (Å²) >= 11 is 0. The molecule has 1 unspecified atom stereocenters. The second-order valence-electron chi connectivity index (χ2n) is 2.89. The van der Waals surface area contributed by atoms with Gasteiger partial charge in [-0.25, -0.2) is 4.79 Å². The molecule has 6 nitrogen and oxygen atoms in total. The molecule has 0 saturated carbocycles. The van der Waals surface area contributed by atoms with E-state index >= 15 is 0 Å². The molecule has 0 radical (unpaired) electrons. The molecule has 0 saturated heterocycles. The van der Waals surface area contributed by atoms with Crippen LogP contribution in [-0.4, -0.2) is 16.2 Å². The van der Waals surface area contributed by atoms with Gasteiger partial charge in [0.05, 0.1) is 4.92 Å². The Balaban J connectivity index is 3.01. The van der Waals surface area contributed by atoms with Gasteiger partial charge in [-0.1, -0.05) is 18.7 Å². The molecule has 1 aromatic carbocycles. The van der Waals surface area contributed by atoms with Gasteiger partial charge in [0.1, 0.15) is 6.10 Å². The molecule has 1 atom stereocenters. The number of hydrogen-bond donors (Lipinski definition) is 1. The predicted molar refractivity (Wildman–Crippen MR) is 55.1 cm³/mol. The van der Waals surface area contributed by atoms with Crippen molar-refractivity contribution in [2.24, 2.45) is 0 Å². The zero-order valence-corrected chi connectivity index (χ0v) is 8.20. The summed E-state index contributed by atoms with van der Waals surface area (Å²) in [5.41, 5.74) is 0.241. The van der Waals surface area contributed by atoms with Crippen LogP contribution in [0.4, 0.5) is 10.5 Å². The Morgan fingerprint density at radius 2 is 2.31 bits per heavy atom. The topological polar surface area (TPSA) is 89.7 Å². The van der Waals surface area contributed by atoms with E-state index in [9.17, 15) is 14.9 Å². The lowest BCUT2D eigenvalue weighted by molar-refractivity contribution is -0.385. The van der Waals surface area contributed by atoms with Crippen molar-refractivity contribution in [3.63, 3.8) is 0 Å². The van der Waals surface area contributed by atoms with Gasteiger partial charge in [-0.05, 0) is 6.08 Å². The van der Waals surface area contributed by atoms with Gasteiger partial charge in [-0.3, -0.25) is 10.1 Å². The largest absolute Gasteiger partial charge is 0.506 e. The van der Waals surface area contributed by atoms with Crippen LogP contribution in [0.5, 0.6) is 0 Å². The Hall–Kier alpha value is -2.37. The SMILES string of the molecule is C=CC(OC(=O)O)c1cccc([N+](=O)[O-])c1. The maximum atomic E-state index is 10.5. The van der Waals surface area contributed by atoms with Gasteiger partial charge < -0.3 is 9.84 Å². The van der Waals surface area contributed by atoms with Crippen molar-refractivity contribution in [1.29, 1.82) is 0 Å². The zero-order valence-electron chi connectivity index (χ0n) is 8.20. The molecule has 0 heterocycles. The molecule has 16 heavy (non-hydrogen) atoms. The van der Waals surface area contributed by atoms with Crippen LogP contribution in [0.1, 0.15) is 11.7 Å². The molecule has 0 aromatic heterocycles. The van der Waals surface area contributed by atoms with E-state index in [1.807, 2.05) is 0 Å². The van der Waals surface area contributed by atoms with Crippen molar-refractivity contribution in [2.75, 3.05) is 0 Å². The average Bonchev–Trinajstić information content (AvgIpc) is 2.25. The summed E-state index contributed by atoms with van der Waals surface area (Å²) in [6.45, 7) is 3.41. The number of hydrogen-bond acceptors (Lipinski definition) is 4. The Bertz CT molecular complexity index is 429. The summed E-state index contributed by atoms with van der Waals surface area (Å²) in [6, 6.07) is 5.54. The Morgan fingerprint density at radius 1 is 1.62 bits per heavy atom. The fourth-order valence-corrected chi connectivity index (χ4v) is 1.18. The first-order chi connectivity index (χ1) is 7.54. The number of rotatable bonds is 4. The lowest BCUT2D eigenvalue weighted by Gasteiger charge is -2.11. The number of carbonyl (C=O) groups is 1. The minimum Gasteiger partial charge on any atom is -0.450 e. The molecule has 6 heteroatoms. The van der Waals surface area contributed by atoms with E-state index in [0.29, 0.717) is 5.56 Å². The predicted octanol–water partition coefficient (Wildman–Crippen LogP) is 2.52. The lowest BCUT2D eigenvalue weighted by atomic mass is 10.1. The van der Waals surface area contributed by atoms with Crippen molar-refractivity contribution in [1.82, 2.24) is 0 Å². The van der Waals surface area contributed by atoms with Crippen LogP contribution < -0.4 is 0 Å². The molecule has 1 rings (SSSR count). The van der Waals surface area contributed by atoms with E-state index in [2.05, 4.69) is 11.3 Å². The first kappa shape index (κ1) is 11.7. The van der Waals surface area contributed by atoms with Crippen LogP contribution in [-0.2, 0) is 4.74 Å². The molecule has 84 valence electrons. The number of non-ortho nitro benzene ring substituents is 1. The highest BCUT2D eigenvalue weighted by Gasteiger charge is 2.15. The summed E-state index contributed by atoms with van der Waals surface area (Å²) in [4.78, 5) is 20.3. The number of benzene rings is 1. The second kappa shape index (κ2) is 4.92. The Labute approximate surface area is 90.9 Å². The van der Waals surface area contributed by atoms with Gasteiger partial charge in [-0.15, -0.1) is 0 Å². The number of ether oxygens (including phenoxy) is 1. The van der Waals surface area contributed by atoms with Gasteiger partial charge in [0.2, 0.25) is 0 Å². The number of nitro groups is 1. The molecule has 0 aliphatic heterocycles. The maximum absolute atomic E-state index is 10.5. The van der Waals surface area contributed by atoms with E-state index in [0.717, 1.165) is 0 Å². The van der Waals surface area contributed by atoms with Gasteiger partial charge in [0.25, 0.3) is 5.69 Å². The van der Waals surface area contributed by atoms with E-state index in [4.69, 9.17) is 5.11 Å². The third kappa shape index (κ3) is 2.81. The van der Waals surface area contributed by atoms with Crippen molar-refractivity contribution in [2.45, 2.75) is 6.10 Å². The maximum Gasteiger partial charge on any atom is 0.506 e. The highest BCUT2D eigenvalue weighted by atomic mass is 16.7. The molecule has 0 amide bonds. The van der Waals surface area contributed by atoms with Gasteiger partial charge in [0, 0.05) is 17.7 Å². The minimum absolute atomic E-state index is 0.127. The normalized spacial score (nSPS) is 11.5. The molecule has 0 bridgehead atoms. The quantitative estimate of drug-likeness (QED) is 0.366. The summed E-state index contributed by atoms with van der Waals surface area (Å²) in [7, 11) is 0. The van der Waals surface area contributed by atoms with E-state index < -0.39 is 17.2 Å². The van der Waals surface area contributed by atoms with Crippen LogP contribution in [0.3, 0.4) is 0 Å². The average molecular weight is 223 g/mol. The zero-order chi connectivity index (χ0) is 12.1. The number of nitro benzene ring substituents is 1. The van der Waals surface area contributed by atoms with E-state index in [1.54, 1.807) is 0 Å². The third-order valence-electron chi connectivity index (χ3n) is 1.85. The smallest absolute Gasteiger partial charge is 0.450 e. The number of carboxylic acid groups (broad SMARTS) is 1. The standard InChI is InChI=1S/C10H9NO5/c1-2-9(16-10(12)13)7-4-3-5-8(6-7)11(14)15/h2-6,9H,1H2,(H,12,13). The summed E-state index contributed by atoms with van der Waals surface area (Å²) in [6.07, 6.45) is -1.11. The third-order valence-corrected chi connectivity index (χ3v) is 1.85. The highest BCUT2D eigenvalue weighted by molar-refractivity contribution is 5.58. The first-order valence-electron chi connectivity index (χ1n) is 4.31. The molecule has 0 aliphatic carbocycles. The molecule has 1 N–H and O–H groups in total. The van der Waals surface area contributed by atoms with Gasteiger partial charge in [-0.2, -0.15) is 0 Å². The number of nitrogens with zero attached hydrogens (tertiary/aromatic N) is 1. The summed E-state index contributed by atoms with van der Waals surface area (Å²) < 4.78 is 4.50. The van der Waals surface area contributed by atoms with Crippen LogP contribution in [0.2, 0.25) is 0 Å². The molecular weight excluding hydrogens is 214 g/mol. The second-order valence-corrected chi connectivity index (χ2v) is 2.89. The van der Waals surface area contributed by atoms with Crippen molar-refractivity contribution < 1.29 is 19.6 Å². The minimum atomic E-state index is -1.46. The van der Waals surface area contributed by atoms with Crippen LogP contribution in [0, 0.1) is 10.1 Å². The van der Waals surface area contributed by atoms with E-state index in [-0.39, 0.29) is 5.69 Å². The molecular formula is C10H9NO5. The first-order valence-corrected chi connectivity index (χ1v) is 4.31. The molecule has 0 aliphatic rings. The summed E-state index contributed by atoms with van der Waals surface area (Å²) in [5.74, 6) is 0. The molecule has 0 fully saturated rings.